The van der Waals surface area contributed by atoms with Crippen LogP contribution in [0, 0.1) is 0 Å². The first-order valence-corrected chi connectivity index (χ1v) is 8.43. The number of rotatable bonds is 5. The molecule has 0 saturated carbocycles. The summed E-state index contributed by atoms with van der Waals surface area (Å²) in [5.74, 6) is -1.75. The van der Waals surface area contributed by atoms with Gasteiger partial charge < -0.3 is 15.5 Å². The van der Waals surface area contributed by atoms with E-state index < -0.39 is 11.9 Å². The molecule has 1 heterocycles. The van der Waals surface area contributed by atoms with Gasteiger partial charge in [0, 0.05) is 10.4 Å². The number of nitrogens with zero attached hydrogens (tertiary/aromatic N) is 1. The average molecular weight is 377 g/mol. The number of carbonyl (C=O) groups is 2. The number of nitrogens with one attached hydrogen (secondary N) is 2. The highest BCUT2D eigenvalue weighted by Crippen LogP contribution is 2.28. The van der Waals surface area contributed by atoms with E-state index in [0.717, 1.165) is 4.88 Å². The minimum absolute atomic E-state index is 0.0238. The molecule has 130 valence electrons. The largest absolute Gasteiger partial charge is 0.507 e. The van der Waals surface area contributed by atoms with Gasteiger partial charge in [-0.25, -0.2) is 4.79 Å². The molecule has 9 heteroatoms. The number of anilines is 1. The second-order valence-electron chi connectivity index (χ2n) is 4.83. The summed E-state index contributed by atoms with van der Waals surface area (Å²) in [4.78, 5) is 23.9. The zero-order chi connectivity index (χ0) is 18.4. The monoisotopic (exact) mass is 377 g/mol. The minimum Gasteiger partial charge on any atom is -0.507 e. The van der Waals surface area contributed by atoms with Gasteiger partial charge >= 0.3 is 5.97 Å². The molecule has 7 nitrogen and oxygen atoms in total. The van der Waals surface area contributed by atoms with E-state index in [1.807, 2.05) is 6.92 Å². The molecule has 0 aliphatic heterocycles. The molecule has 0 fully saturated rings. The zero-order valence-corrected chi connectivity index (χ0v) is 14.8. The topological polar surface area (TPSA) is 111 Å². The maximum atomic E-state index is 12.1. The fourth-order valence-electron chi connectivity index (χ4n) is 1.84. The number of carboxylic acids is 1. The number of hydrogen-bond acceptors (Lipinski definition) is 6. The first kappa shape index (κ1) is 18.6. The Hall–Kier alpha value is -2.78. The summed E-state index contributed by atoms with van der Waals surface area (Å²) in [6, 6.07) is 8.06. The third-order valence-corrected chi connectivity index (χ3v) is 4.57. The van der Waals surface area contributed by atoms with E-state index >= 15 is 0 Å². The highest BCUT2D eigenvalue weighted by atomic mass is 32.1. The molecule has 0 atom stereocenters. The molecule has 1 aromatic heterocycles. The van der Waals surface area contributed by atoms with Crippen LogP contribution in [0.2, 0.25) is 0 Å². The van der Waals surface area contributed by atoms with E-state index in [-0.39, 0.29) is 21.3 Å². The van der Waals surface area contributed by atoms with Crippen molar-refractivity contribution in [1.82, 2.24) is 5.43 Å². The van der Waals surface area contributed by atoms with E-state index in [1.54, 1.807) is 18.2 Å². The number of thiocarbonyl (C=S) groups is 1. The Morgan fingerprint density at radius 1 is 1.36 bits per heavy atom. The Morgan fingerprint density at radius 3 is 2.72 bits per heavy atom. The lowest BCUT2D eigenvalue weighted by atomic mass is 10.2. The van der Waals surface area contributed by atoms with Gasteiger partial charge in [0.1, 0.15) is 10.8 Å². The summed E-state index contributed by atoms with van der Waals surface area (Å²) in [6.07, 6.45) is 1.98. The zero-order valence-electron chi connectivity index (χ0n) is 13.1. The van der Waals surface area contributed by atoms with Crippen LogP contribution in [0.25, 0.3) is 0 Å². The van der Waals surface area contributed by atoms with Gasteiger partial charge in [-0.2, -0.15) is 5.10 Å². The number of aryl methyl sites for hydroxylation is 1. The summed E-state index contributed by atoms with van der Waals surface area (Å²) in [5, 5.41) is 25.3. The molecule has 0 aliphatic rings. The quantitative estimate of drug-likeness (QED) is 0.362. The van der Waals surface area contributed by atoms with Crippen molar-refractivity contribution in [3.8, 4) is 5.75 Å². The minimum atomic E-state index is -1.12. The molecule has 0 spiro atoms. The Balaban J connectivity index is 2.01. The Labute approximate surface area is 153 Å². The normalized spacial score (nSPS) is 10.6. The smallest absolute Gasteiger partial charge is 0.338 e. The number of hydrogen-bond donors (Lipinski definition) is 4. The second-order valence-corrected chi connectivity index (χ2v) is 6.37. The number of hydrazone groups is 1. The number of aromatic hydroxyl groups is 1. The van der Waals surface area contributed by atoms with E-state index in [9.17, 15) is 19.8 Å². The lowest BCUT2D eigenvalue weighted by molar-refractivity contribution is -0.110. The van der Waals surface area contributed by atoms with Crippen LogP contribution in [-0.4, -0.2) is 33.3 Å². The van der Waals surface area contributed by atoms with Gasteiger partial charge in [-0.3, -0.25) is 10.2 Å². The number of phenols is 1. The molecule has 1 aromatic carbocycles. The first-order chi connectivity index (χ1) is 11.9. The van der Waals surface area contributed by atoms with Crippen LogP contribution in [0.15, 0.2) is 35.4 Å². The van der Waals surface area contributed by atoms with E-state index in [4.69, 9.17) is 12.2 Å². The van der Waals surface area contributed by atoms with Crippen molar-refractivity contribution < 1.29 is 19.8 Å². The Bertz CT molecular complexity index is 846. The van der Waals surface area contributed by atoms with Crippen molar-refractivity contribution in [2.45, 2.75) is 13.3 Å². The highest BCUT2D eigenvalue weighted by molar-refractivity contribution is 7.82. The van der Waals surface area contributed by atoms with E-state index in [2.05, 4.69) is 15.8 Å². The molecule has 0 bridgehead atoms. The van der Waals surface area contributed by atoms with Crippen LogP contribution in [0.5, 0.6) is 5.75 Å². The number of amides is 1. The van der Waals surface area contributed by atoms with Crippen molar-refractivity contribution in [2.75, 3.05) is 5.32 Å². The summed E-state index contributed by atoms with van der Waals surface area (Å²) >= 11 is 6.11. The first-order valence-electron chi connectivity index (χ1n) is 7.20. The van der Waals surface area contributed by atoms with Gasteiger partial charge in [0.25, 0.3) is 5.91 Å². The fraction of sp³-hybridized carbons (Fsp3) is 0.125. The van der Waals surface area contributed by atoms with Crippen molar-refractivity contribution in [3.63, 3.8) is 0 Å². The van der Waals surface area contributed by atoms with Gasteiger partial charge in [-0.15, -0.1) is 11.3 Å². The Kier molecular flexibility index (Phi) is 6.20. The van der Waals surface area contributed by atoms with Crippen LogP contribution >= 0.6 is 23.6 Å². The van der Waals surface area contributed by atoms with Crippen LogP contribution in [0.4, 0.5) is 5.00 Å². The lowest BCUT2D eigenvalue weighted by Gasteiger charge is -2.05. The maximum absolute atomic E-state index is 12.1. The standard InChI is InChI=1S/C16H15N3O4S2/c1-2-10-7-11(16(22)23)15(25-10)18-13(21)14(24)19-17-8-9-5-3-4-6-12(9)20/h3-8,20H,2H2,1H3,(H,18,21)(H,19,24)(H,22,23)/b17-8+. The third-order valence-electron chi connectivity index (χ3n) is 3.10. The number of carboxylic acid groups (broad SMARTS) is 1. The van der Waals surface area contributed by atoms with Gasteiger partial charge in [0.15, 0.2) is 4.99 Å². The molecule has 0 aliphatic carbocycles. The molecular weight excluding hydrogens is 362 g/mol. The molecule has 2 rings (SSSR count). The Morgan fingerprint density at radius 2 is 2.08 bits per heavy atom. The number of aromatic carboxylic acids is 1. The van der Waals surface area contributed by atoms with Crippen molar-refractivity contribution in [1.29, 1.82) is 0 Å². The van der Waals surface area contributed by atoms with Crippen molar-refractivity contribution in [3.05, 3.63) is 46.3 Å². The van der Waals surface area contributed by atoms with E-state index in [1.165, 1.54) is 29.7 Å². The lowest BCUT2D eigenvalue weighted by Crippen LogP contribution is -2.30. The average Bonchev–Trinajstić information content (AvgIpc) is 2.99. The summed E-state index contributed by atoms with van der Waals surface area (Å²) in [6.45, 7) is 1.89. The van der Waals surface area contributed by atoms with Gasteiger partial charge in [-0.05, 0) is 24.6 Å². The number of phenolic OH excluding ortho intramolecular Hbond substituents is 1. The second kappa shape index (κ2) is 8.36. The molecule has 25 heavy (non-hydrogen) atoms. The number of carbonyl (C=O) groups excluding carboxylic acids is 1. The predicted molar refractivity (Wildman–Crippen MR) is 101 cm³/mol. The fourth-order valence-corrected chi connectivity index (χ4v) is 2.92. The molecule has 0 radical (unpaired) electrons. The number of para-hydroxylation sites is 1. The number of benzene rings is 1. The maximum Gasteiger partial charge on any atom is 0.338 e. The summed E-state index contributed by atoms with van der Waals surface area (Å²) in [7, 11) is 0. The summed E-state index contributed by atoms with van der Waals surface area (Å²) in [5.41, 5.74) is 2.86. The van der Waals surface area contributed by atoms with Gasteiger partial charge in [-0.1, -0.05) is 31.3 Å². The molecular formula is C16H15N3O4S2. The number of thiophene rings is 1. The molecule has 4 N–H and O–H groups in total. The predicted octanol–water partition coefficient (Wildman–Crippen LogP) is 2.60. The van der Waals surface area contributed by atoms with Gasteiger partial charge in [0.05, 0.1) is 11.8 Å². The van der Waals surface area contributed by atoms with Crippen LogP contribution in [0.3, 0.4) is 0 Å². The van der Waals surface area contributed by atoms with Crippen molar-refractivity contribution >= 4 is 51.6 Å². The van der Waals surface area contributed by atoms with Crippen LogP contribution < -0.4 is 10.7 Å². The molecule has 0 unspecified atom stereocenters. The summed E-state index contributed by atoms with van der Waals surface area (Å²) < 4.78 is 0. The third kappa shape index (κ3) is 4.85. The van der Waals surface area contributed by atoms with Crippen molar-refractivity contribution in [2.24, 2.45) is 5.10 Å². The van der Waals surface area contributed by atoms with Crippen LogP contribution in [-0.2, 0) is 11.2 Å². The van der Waals surface area contributed by atoms with Gasteiger partial charge in [0.2, 0.25) is 0 Å². The molecule has 0 saturated heterocycles. The molecule has 1 amide bonds. The highest BCUT2D eigenvalue weighted by Gasteiger charge is 2.18. The van der Waals surface area contributed by atoms with E-state index in [0.29, 0.717) is 12.0 Å². The van der Waals surface area contributed by atoms with Crippen LogP contribution in [0.1, 0.15) is 27.7 Å². The SMILES string of the molecule is CCc1cc(C(=O)O)c(NC(=O)C(=S)N/N=C/c2ccccc2O)s1. The molecule has 2 aromatic rings.